The first-order chi connectivity index (χ1) is 11.4. The van der Waals surface area contributed by atoms with Crippen molar-refractivity contribution in [1.82, 2.24) is 5.32 Å². The highest BCUT2D eigenvalue weighted by atomic mass is 16.5. The molecule has 6 nitrogen and oxygen atoms in total. The van der Waals surface area contributed by atoms with Gasteiger partial charge in [0.15, 0.2) is 0 Å². The van der Waals surface area contributed by atoms with Crippen molar-refractivity contribution < 1.29 is 24.2 Å². The molecule has 0 aliphatic rings. The van der Waals surface area contributed by atoms with Gasteiger partial charge in [0.05, 0.1) is 10.8 Å². The van der Waals surface area contributed by atoms with Crippen molar-refractivity contribution in [2.45, 2.75) is 66.8 Å². The molecule has 0 fully saturated rings. The van der Waals surface area contributed by atoms with Crippen LogP contribution in [-0.2, 0) is 19.1 Å². The maximum atomic E-state index is 12.4. The third kappa shape index (κ3) is 6.88. The Labute approximate surface area is 151 Å². The number of esters is 1. The molecule has 2 N–H and O–H groups in total. The van der Waals surface area contributed by atoms with E-state index in [0.29, 0.717) is 6.42 Å². The molecule has 0 spiro atoms. The van der Waals surface area contributed by atoms with Crippen LogP contribution >= 0.6 is 0 Å². The maximum absolute atomic E-state index is 12.4. The van der Waals surface area contributed by atoms with Gasteiger partial charge in [-0.05, 0) is 47.0 Å². The van der Waals surface area contributed by atoms with Crippen LogP contribution in [0.5, 0.6) is 0 Å². The molecule has 3 atom stereocenters. The van der Waals surface area contributed by atoms with E-state index in [-0.39, 0.29) is 31.4 Å². The fourth-order valence-corrected chi connectivity index (χ4v) is 2.94. The Hall–Kier alpha value is -1.85. The molecule has 0 rings (SSSR count). The number of hydrogen-bond donors (Lipinski definition) is 2. The Morgan fingerprint density at radius 3 is 2.16 bits per heavy atom. The number of hydrogen-bond acceptors (Lipinski definition) is 4. The van der Waals surface area contributed by atoms with E-state index in [9.17, 15) is 19.5 Å². The minimum atomic E-state index is -1.22. The first kappa shape index (κ1) is 23.1. The smallest absolute Gasteiger partial charge is 0.312 e. The summed E-state index contributed by atoms with van der Waals surface area (Å²) < 4.78 is 5.15. The van der Waals surface area contributed by atoms with Crippen LogP contribution in [-0.4, -0.2) is 35.6 Å². The van der Waals surface area contributed by atoms with E-state index >= 15 is 0 Å². The minimum absolute atomic E-state index is 0.0131. The quantitative estimate of drug-likeness (QED) is 0.439. The summed E-state index contributed by atoms with van der Waals surface area (Å²) in [7, 11) is 0. The van der Waals surface area contributed by atoms with Gasteiger partial charge in [0.25, 0.3) is 0 Å². The Kier molecular flexibility index (Phi) is 8.88. The zero-order valence-corrected chi connectivity index (χ0v) is 16.3. The first-order valence-corrected chi connectivity index (χ1v) is 8.73. The zero-order valence-electron chi connectivity index (χ0n) is 16.3. The number of carbonyl (C=O) groups excluding carboxylic acids is 2. The van der Waals surface area contributed by atoms with Crippen molar-refractivity contribution in [2.75, 3.05) is 6.61 Å². The van der Waals surface area contributed by atoms with E-state index < -0.39 is 28.7 Å². The lowest BCUT2D eigenvalue weighted by atomic mass is 9.68. The largest absolute Gasteiger partial charge is 0.481 e. The molecule has 0 aromatic carbocycles. The van der Waals surface area contributed by atoms with Gasteiger partial charge in [0.1, 0.15) is 6.61 Å². The average Bonchev–Trinajstić information content (AvgIpc) is 2.51. The molecule has 0 saturated heterocycles. The van der Waals surface area contributed by atoms with Gasteiger partial charge in [-0.1, -0.05) is 26.5 Å². The molecule has 0 aromatic heterocycles. The third-order valence-electron chi connectivity index (χ3n) is 4.54. The highest BCUT2D eigenvalue weighted by Gasteiger charge is 2.46. The molecular formula is C19H33NO5. The van der Waals surface area contributed by atoms with E-state index in [0.717, 1.165) is 0 Å². The van der Waals surface area contributed by atoms with Crippen LogP contribution in [0, 0.1) is 16.7 Å². The second kappa shape index (κ2) is 9.59. The van der Waals surface area contributed by atoms with Crippen molar-refractivity contribution in [2.24, 2.45) is 16.7 Å². The molecule has 3 unspecified atom stereocenters. The molecule has 25 heavy (non-hydrogen) atoms. The summed E-state index contributed by atoms with van der Waals surface area (Å²) in [5, 5.41) is 12.6. The number of amides is 1. The number of aliphatic carboxylic acids is 1. The van der Waals surface area contributed by atoms with E-state index in [1.807, 2.05) is 20.8 Å². The molecule has 0 aliphatic heterocycles. The van der Waals surface area contributed by atoms with Crippen LogP contribution in [0.25, 0.3) is 0 Å². The van der Waals surface area contributed by atoms with E-state index in [1.54, 1.807) is 20.8 Å². The SMILES string of the molecule is C=CCOC(=O)C(C)(CC)CC(C)(CC(C)C(=O)NC(C)C)C(=O)O. The van der Waals surface area contributed by atoms with Crippen molar-refractivity contribution in [3.8, 4) is 0 Å². The molecule has 0 aromatic rings. The van der Waals surface area contributed by atoms with Gasteiger partial charge < -0.3 is 15.2 Å². The molecule has 0 bridgehead atoms. The van der Waals surface area contributed by atoms with Gasteiger partial charge in [-0.15, -0.1) is 0 Å². The fraction of sp³-hybridized carbons (Fsp3) is 0.737. The summed E-state index contributed by atoms with van der Waals surface area (Å²) in [5.74, 6) is -2.13. The lowest BCUT2D eigenvalue weighted by molar-refractivity contribution is -0.161. The van der Waals surface area contributed by atoms with Crippen LogP contribution in [0.2, 0.25) is 0 Å². The van der Waals surface area contributed by atoms with E-state index in [1.165, 1.54) is 6.08 Å². The zero-order chi connectivity index (χ0) is 19.8. The van der Waals surface area contributed by atoms with Gasteiger partial charge in [0, 0.05) is 12.0 Å². The maximum Gasteiger partial charge on any atom is 0.312 e. The van der Waals surface area contributed by atoms with Crippen LogP contribution in [0.4, 0.5) is 0 Å². The van der Waals surface area contributed by atoms with Crippen LogP contribution in [0.1, 0.15) is 60.8 Å². The van der Waals surface area contributed by atoms with Gasteiger partial charge in [-0.25, -0.2) is 0 Å². The standard InChI is InChI=1S/C19H33NO5/c1-8-10-25-17(24)18(6,9-2)12-19(7,16(22)23)11-14(5)15(21)20-13(3)4/h8,13-14H,1,9-12H2,2-7H3,(H,20,21)(H,22,23). The van der Waals surface area contributed by atoms with Crippen LogP contribution in [0.15, 0.2) is 12.7 Å². The Morgan fingerprint density at radius 1 is 1.20 bits per heavy atom. The summed E-state index contributed by atoms with van der Waals surface area (Å²) in [6.45, 7) is 14.1. The van der Waals surface area contributed by atoms with Crippen molar-refractivity contribution in [3.63, 3.8) is 0 Å². The summed E-state index contributed by atoms with van der Waals surface area (Å²) in [6.07, 6.45) is 2.16. The molecule has 0 radical (unpaired) electrons. The van der Waals surface area contributed by atoms with Gasteiger partial charge in [-0.2, -0.15) is 0 Å². The Morgan fingerprint density at radius 2 is 1.76 bits per heavy atom. The lowest BCUT2D eigenvalue weighted by Crippen LogP contribution is -2.43. The predicted octanol–water partition coefficient (Wildman–Crippen LogP) is 3.16. The molecule has 6 heteroatoms. The van der Waals surface area contributed by atoms with Gasteiger partial charge in [-0.3, -0.25) is 14.4 Å². The summed E-state index contributed by atoms with van der Waals surface area (Å²) >= 11 is 0. The summed E-state index contributed by atoms with van der Waals surface area (Å²) in [5.41, 5.74) is -2.16. The lowest BCUT2D eigenvalue weighted by Gasteiger charge is -2.36. The van der Waals surface area contributed by atoms with Gasteiger partial charge >= 0.3 is 11.9 Å². The van der Waals surface area contributed by atoms with E-state index in [4.69, 9.17) is 4.74 Å². The van der Waals surface area contributed by atoms with Crippen molar-refractivity contribution >= 4 is 17.8 Å². The molecular weight excluding hydrogens is 322 g/mol. The topological polar surface area (TPSA) is 92.7 Å². The van der Waals surface area contributed by atoms with Crippen LogP contribution < -0.4 is 5.32 Å². The molecule has 0 saturated carbocycles. The predicted molar refractivity (Wildman–Crippen MR) is 97.0 cm³/mol. The normalized spacial score (nSPS) is 17.1. The minimum Gasteiger partial charge on any atom is -0.481 e. The highest BCUT2D eigenvalue weighted by Crippen LogP contribution is 2.42. The average molecular weight is 355 g/mol. The third-order valence-corrected chi connectivity index (χ3v) is 4.54. The summed E-state index contributed by atoms with van der Waals surface area (Å²) in [6, 6.07) is -0.0131. The number of rotatable bonds is 11. The van der Waals surface area contributed by atoms with E-state index in [2.05, 4.69) is 11.9 Å². The number of ether oxygens (including phenoxy) is 1. The van der Waals surface area contributed by atoms with Crippen molar-refractivity contribution in [1.29, 1.82) is 0 Å². The number of carbonyl (C=O) groups is 3. The Balaban J connectivity index is 5.35. The first-order valence-electron chi connectivity index (χ1n) is 8.73. The number of carboxylic acid groups (broad SMARTS) is 1. The van der Waals surface area contributed by atoms with Gasteiger partial charge in [0.2, 0.25) is 5.91 Å². The fourth-order valence-electron chi connectivity index (χ4n) is 2.94. The molecule has 144 valence electrons. The Bertz CT molecular complexity index is 502. The second-order valence-electron chi connectivity index (χ2n) is 7.61. The van der Waals surface area contributed by atoms with Crippen molar-refractivity contribution in [3.05, 3.63) is 12.7 Å². The number of carboxylic acids is 1. The second-order valence-corrected chi connectivity index (χ2v) is 7.61. The highest BCUT2D eigenvalue weighted by molar-refractivity contribution is 5.82. The summed E-state index contributed by atoms with van der Waals surface area (Å²) in [4.78, 5) is 36.5. The van der Waals surface area contributed by atoms with Crippen LogP contribution in [0.3, 0.4) is 0 Å². The number of nitrogens with one attached hydrogen (secondary N) is 1. The molecule has 0 aliphatic carbocycles. The molecule has 0 heterocycles. The molecule has 1 amide bonds. The monoisotopic (exact) mass is 355 g/mol.